The Morgan fingerprint density at radius 3 is 2.70 bits per heavy atom. The minimum absolute atomic E-state index is 0.210. The molecule has 2 heterocycles. The van der Waals surface area contributed by atoms with Crippen molar-refractivity contribution in [3.05, 3.63) is 83.1 Å². The van der Waals surface area contributed by atoms with Crippen LogP contribution < -0.4 is 20.1 Å². The third-order valence-corrected chi connectivity index (χ3v) is 6.19. The first-order valence-corrected chi connectivity index (χ1v) is 11.9. The Balaban J connectivity index is 1.60. The quantitative estimate of drug-likeness (QED) is 0.316. The van der Waals surface area contributed by atoms with Crippen molar-refractivity contribution in [2.45, 2.75) is 6.54 Å². The second-order valence-corrected chi connectivity index (χ2v) is 9.12. The highest BCUT2D eigenvalue weighted by Gasteiger charge is 2.29. The molecule has 1 aliphatic heterocycles. The van der Waals surface area contributed by atoms with Crippen LogP contribution in [0.1, 0.15) is 21.5 Å². The van der Waals surface area contributed by atoms with Gasteiger partial charge >= 0.3 is 6.03 Å². The molecule has 37 heavy (non-hydrogen) atoms. The van der Waals surface area contributed by atoms with Gasteiger partial charge in [-0.05, 0) is 73.8 Å². The Hall–Kier alpha value is -4.56. The minimum Gasteiger partial charge on any atom is -0.497 e. The maximum absolute atomic E-state index is 13.4. The molecule has 0 saturated heterocycles. The molecule has 0 aliphatic carbocycles. The number of rotatable bonds is 6. The monoisotopic (exact) mass is 496 g/mol. The SMILES string of the molecule is CNC(=O)Nc1ccc2c(c1)C(=O)C(=Cc1c(-c3cccc(CN(C)C)c3)[nH]c3ccc(OC)cc13)O2. The van der Waals surface area contributed by atoms with E-state index in [9.17, 15) is 9.59 Å². The number of ether oxygens (including phenoxy) is 2. The minimum atomic E-state index is -0.365. The van der Waals surface area contributed by atoms with Crippen LogP contribution in [0.15, 0.2) is 66.4 Å². The number of amides is 2. The number of fused-ring (bicyclic) bond motifs is 2. The molecule has 4 aromatic rings. The van der Waals surface area contributed by atoms with Crippen molar-refractivity contribution in [1.29, 1.82) is 0 Å². The number of benzene rings is 3. The maximum Gasteiger partial charge on any atom is 0.318 e. The summed E-state index contributed by atoms with van der Waals surface area (Å²) in [7, 11) is 7.23. The molecule has 3 aromatic carbocycles. The largest absolute Gasteiger partial charge is 0.497 e. The Morgan fingerprint density at radius 1 is 1.11 bits per heavy atom. The van der Waals surface area contributed by atoms with Gasteiger partial charge in [0.2, 0.25) is 5.78 Å². The third-order valence-electron chi connectivity index (χ3n) is 6.19. The summed E-state index contributed by atoms with van der Waals surface area (Å²) < 4.78 is 11.5. The van der Waals surface area contributed by atoms with Gasteiger partial charge in [0.15, 0.2) is 5.76 Å². The fourth-order valence-corrected chi connectivity index (χ4v) is 4.48. The van der Waals surface area contributed by atoms with E-state index in [1.165, 1.54) is 12.6 Å². The molecule has 1 aromatic heterocycles. The van der Waals surface area contributed by atoms with E-state index >= 15 is 0 Å². The number of nitrogens with one attached hydrogen (secondary N) is 3. The molecular formula is C29H28N4O4. The standard InChI is InChI=1S/C29H28N4O4/c1-30-29(35)31-19-8-11-25-23(13-19)28(34)26(37-25)15-22-21-14-20(36-4)9-10-24(21)32-27(22)18-7-5-6-17(12-18)16-33(2)3/h5-15,32H,16H2,1-4H3,(H2,30,31,35). The van der Waals surface area contributed by atoms with Crippen LogP contribution in [-0.4, -0.2) is 50.0 Å². The van der Waals surface area contributed by atoms with Gasteiger partial charge in [0.25, 0.3) is 0 Å². The number of ketones is 1. The van der Waals surface area contributed by atoms with Crippen LogP contribution in [0.25, 0.3) is 28.2 Å². The van der Waals surface area contributed by atoms with Crippen LogP contribution in [0.4, 0.5) is 10.5 Å². The van der Waals surface area contributed by atoms with E-state index in [1.807, 2.05) is 44.4 Å². The molecule has 0 bridgehead atoms. The van der Waals surface area contributed by atoms with Crippen LogP contribution in [0, 0.1) is 0 Å². The molecule has 0 saturated carbocycles. The molecular weight excluding hydrogens is 468 g/mol. The molecule has 2 amide bonds. The highest BCUT2D eigenvalue weighted by atomic mass is 16.5. The Kier molecular flexibility index (Phi) is 6.42. The summed E-state index contributed by atoms with van der Waals surface area (Å²) in [5.41, 5.74) is 5.70. The molecule has 5 rings (SSSR count). The lowest BCUT2D eigenvalue weighted by Gasteiger charge is -2.11. The molecule has 0 fully saturated rings. The Morgan fingerprint density at radius 2 is 1.95 bits per heavy atom. The number of methoxy groups -OCH3 is 1. The normalized spacial score (nSPS) is 13.6. The number of carbonyl (C=O) groups is 2. The molecule has 0 atom stereocenters. The van der Waals surface area contributed by atoms with E-state index < -0.39 is 0 Å². The number of aromatic nitrogens is 1. The van der Waals surface area contributed by atoms with Crippen molar-refractivity contribution in [3.8, 4) is 22.8 Å². The lowest BCUT2D eigenvalue weighted by Crippen LogP contribution is -2.24. The van der Waals surface area contributed by atoms with E-state index in [0.717, 1.165) is 34.3 Å². The molecule has 1 aliphatic rings. The average molecular weight is 497 g/mol. The summed E-state index contributed by atoms with van der Waals surface area (Å²) in [5, 5.41) is 6.10. The lowest BCUT2D eigenvalue weighted by molar-refractivity contribution is 0.101. The number of carbonyl (C=O) groups excluding carboxylic acids is 2. The lowest BCUT2D eigenvalue weighted by atomic mass is 10.0. The Bertz CT molecular complexity index is 1550. The number of hydrogen-bond donors (Lipinski definition) is 3. The topological polar surface area (TPSA) is 95.7 Å². The second-order valence-electron chi connectivity index (χ2n) is 9.12. The highest BCUT2D eigenvalue weighted by molar-refractivity contribution is 6.16. The van der Waals surface area contributed by atoms with E-state index in [2.05, 4.69) is 32.7 Å². The highest BCUT2D eigenvalue weighted by Crippen LogP contribution is 2.38. The van der Waals surface area contributed by atoms with Gasteiger partial charge in [-0.25, -0.2) is 4.79 Å². The van der Waals surface area contributed by atoms with Gasteiger partial charge in [0.05, 0.1) is 18.4 Å². The fraction of sp³-hybridized carbons (Fsp3) is 0.172. The van der Waals surface area contributed by atoms with Gasteiger partial charge in [-0.2, -0.15) is 0 Å². The number of H-pyrrole nitrogens is 1. The van der Waals surface area contributed by atoms with Gasteiger partial charge in [-0.3, -0.25) is 4.79 Å². The Labute approximate surface area is 214 Å². The first-order valence-electron chi connectivity index (χ1n) is 11.9. The van der Waals surface area contributed by atoms with Crippen LogP contribution in [0.5, 0.6) is 11.5 Å². The summed E-state index contributed by atoms with van der Waals surface area (Å²) in [6.07, 6.45) is 1.78. The first-order chi connectivity index (χ1) is 17.9. The molecule has 188 valence electrons. The number of hydrogen-bond acceptors (Lipinski definition) is 5. The van der Waals surface area contributed by atoms with Crippen molar-refractivity contribution < 1.29 is 19.1 Å². The summed E-state index contributed by atoms with van der Waals surface area (Å²) in [6, 6.07) is 18.8. The number of anilines is 1. The number of urea groups is 1. The van der Waals surface area contributed by atoms with Crippen LogP contribution >= 0.6 is 0 Å². The van der Waals surface area contributed by atoms with Crippen molar-refractivity contribution in [3.63, 3.8) is 0 Å². The molecule has 8 heteroatoms. The van der Waals surface area contributed by atoms with Crippen molar-refractivity contribution in [2.75, 3.05) is 33.6 Å². The van der Waals surface area contributed by atoms with Crippen LogP contribution in [-0.2, 0) is 6.54 Å². The number of aromatic amines is 1. The molecule has 8 nitrogen and oxygen atoms in total. The zero-order chi connectivity index (χ0) is 26.1. The van der Waals surface area contributed by atoms with Crippen LogP contribution in [0.3, 0.4) is 0 Å². The molecule has 3 N–H and O–H groups in total. The van der Waals surface area contributed by atoms with E-state index in [0.29, 0.717) is 22.7 Å². The average Bonchev–Trinajstić information content (AvgIpc) is 3.40. The predicted molar refractivity (Wildman–Crippen MR) is 145 cm³/mol. The number of nitrogens with zero attached hydrogens (tertiary/aromatic N) is 1. The first kappa shape index (κ1) is 24.1. The summed E-state index contributed by atoms with van der Waals surface area (Å²) >= 11 is 0. The van der Waals surface area contributed by atoms with Gasteiger partial charge in [-0.1, -0.05) is 18.2 Å². The van der Waals surface area contributed by atoms with Crippen LogP contribution in [0.2, 0.25) is 0 Å². The summed E-state index contributed by atoms with van der Waals surface area (Å²) in [6.45, 7) is 0.807. The smallest absolute Gasteiger partial charge is 0.318 e. The van der Waals surface area contributed by atoms with Gasteiger partial charge in [-0.15, -0.1) is 0 Å². The fourth-order valence-electron chi connectivity index (χ4n) is 4.48. The van der Waals surface area contributed by atoms with Gasteiger partial charge in [0, 0.05) is 35.7 Å². The zero-order valence-electron chi connectivity index (χ0n) is 21.1. The van der Waals surface area contributed by atoms with Gasteiger partial charge in [0.1, 0.15) is 11.5 Å². The van der Waals surface area contributed by atoms with Crippen molar-refractivity contribution in [2.24, 2.45) is 0 Å². The van der Waals surface area contributed by atoms with E-state index in [-0.39, 0.29) is 17.6 Å². The second kappa shape index (κ2) is 9.83. The number of Topliss-reactive ketones (excluding diaryl/α,β-unsaturated/α-hetero) is 1. The van der Waals surface area contributed by atoms with E-state index in [4.69, 9.17) is 9.47 Å². The molecule has 0 unspecified atom stereocenters. The summed E-state index contributed by atoms with van der Waals surface area (Å²) in [4.78, 5) is 30.7. The third kappa shape index (κ3) is 4.79. The number of allylic oxidation sites excluding steroid dienone is 1. The zero-order valence-corrected chi connectivity index (χ0v) is 21.1. The van der Waals surface area contributed by atoms with Gasteiger partial charge < -0.3 is 30.0 Å². The predicted octanol–water partition coefficient (Wildman–Crippen LogP) is 5.27. The van der Waals surface area contributed by atoms with Crippen molar-refractivity contribution in [1.82, 2.24) is 15.2 Å². The summed E-state index contributed by atoms with van der Waals surface area (Å²) in [5.74, 6) is 1.12. The van der Waals surface area contributed by atoms with Crippen molar-refractivity contribution >= 4 is 34.5 Å². The molecule has 0 spiro atoms. The molecule has 0 radical (unpaired) electrons. The van der Waals surface area contributed by atoms with E-state index in [1.54, 1.807) is 31.4 Å². The maximum atomic E-state index is 13.4.